The van der Waals surface area contributed by atoms with E-state index in [-0.39, 0.29) is 17.5 Å². The van der Waals surface area contributed by atoms with Crippen LogP contribution in [0.15, 0.2) is 23.1 Å². The molecule has 0 saturated heterocycles. The van der Waals surface area contributed by atoms with Crippen molar-refractivity contribution in [2.75, 3.05) is 6.61 Å². The first kappa shape index (κ1) is 15.7. The lowest BCUT2D eigenvalue weighted by molar-refractivity contribution is 0.305. The average molecular weight is 281 g/mol. The molecule has 0 aliphatic carbocycles. The summed E-state index contributed by atoms with van der Waals surface area (Å²) in [6, 6.07) is 4.69. The number of aliphatic hydroxyl groups excluding tert-OH is 1. The topological polar surface area (TPSA) is 66.4 Å². The van der Waals surface area contributed by atoms with Gasteiger partial charge in [-0.25, -0.2) is 13.1 Å². The van der Waals surface area contributed by atoms with Crippen LogP contribution in [0.3, 0.4) is 0 Å². The van der Waals surface area contributed by atoms with Crippen molar-refractivity contribution in [2.24, 2.45) is 0 Å². The molecule has 0 heterocycles. The maximum absolute atomic E-state index is 12.0. The number of hydrogen-bond acceptors (Lipinski definition) is 3. The highest BCUT2D eigenvalue weighted by atomic mass is 32.2. The minimum atomic E-state index is -3.46. The normalized spacial score (nSPS) is 11.2. The Morgan fingerprint density at radius 2 is 2.05 bits per heavy atom. The second-order valence-electron chi connectivity index (χ2n) is 4.53. The van der Waals surface area contributed by atoms with Crippen molar-refractivity contribution < 1.29 is 13.5 Å². The van der Waals surface area contributed by atoms with Crippen LogP contribution in [-0.4, -0.2) is 26.2 Å². The number of rotatable bonds is 4. The third-order valence-electron chi connectivity index (χ3n) is 2.36. The van der Waals surface area contributed by atoms with Crippen molar-refractivity contribution in [3.8, 4) is 11.8 Å². The highest BCUT2D eigenvalue weighted by Gasteiger charge is 2.15. The summed E-state index contributed by atoms with van der Waals surface area (Å²) in [5, 5.41) is 8.66. The van der Waals surface area contributed by atoms with Crippen molar-refractivity contribution in [1.29, 1.82) is 0 Å². The summed E-state index contributed by atoms with van der Waals surface area (Å²) in [7, 11) is -3.46. The largest absolute Gasteiger partial charge is 0.395 e. The molecule has 2 N–H and O–H groups in total. The number of nitrogens with one attached hydrogen (secondary N) is 1. The molecule has 1 aromatic rings. The van der Waals surface area contributed by atoms with E-state index < -0.39 is 10.0 Å². The molecule has 0 radical (unpaired) electrons. The Kier molecular flexibility index (Phi) is 5.55. The van der Waals surface area contributed by atoms with E-state index in [1.807, 2.05) is 6.92 Å². The SMILES string of the molecule is Cc1cc(S(=O)(=O)NC(C)C)ccc1C#CCCO. The summed E-state index contributed by atoms with van der Waals surface area (Å²) in [4.78, 5) is 0.242. The monoisotopic (exact) mass is 281 g/mol. The van der Waals surface area contributed by atoms with E-state index >= 15 is 0 Å². The van der Waals surface area contributed by atoms with Crippen LogP contribution in [-0.2, 0) is 10.0 Å². The van der Waals surface area contributed by atoms with Gasteiger partial charge in [-0.2, -0.15) is 0 Å². The molecule has 19 heavy (non-hydrogen) atoms. The van der Waals surface area contributed by atoms with Gasteiger partial charge in [-0.15, -0.1) is 0 Å². The first-order chi connectivity index (χ1) is 8.86. The van der Waals surface area contributed by atoms with Gasteiger partial charge in [0.25, 0.3) is 0 Å². The number of sulfonamides is 1. The van der Waals surface area contributed by atoms with Gasteiger partial charge in [0.1, 0.15) is 0 Å². The van der Waals surface area contributed by atoms with Crippen LogP contribution in [0.5, 0.6) is 0 Å². The summed E-state index contributed by atoms with van der Waals surface area (Å²) < 4.78 is 26.5. The van der Waals surface area contributed by atoms with Gasteiger partial charge in [-0.05, 0) is 44.5 Å². The van der Waals surface area contributed by atoms with E-state index in [9.17, 15) is 8.42 Å². The molecular formula is C14H19NO3S. The maximum Gasteiger partial charge on any atom is 0.240 e. The van der Waals surface area contributed by atoms with Gasteiger partial charge in [-0.3, -0.25) is 0 Å². The molecule has 0 aliphatic rings. The molecule has 4 nitrogen and oxygen atoms in total. The fraction of sp³-hybridized carbons (Fsp3) is 0.429. The average Bonchev–Trinajstić information content (AvgIpc) is 2.29. The molecule has 5 heteroatoms. The van der Waals surface area contributed by atoms with E-state index in [1.54, 1.807) is 32.0 Å². The van der Waals surface area contributed by atoms with E-state index in [2.05, 4.69) is 16.6 Å². The standard InChI is InChI=1S/C14H19NO3S/c1-11(2)15-19(17,18)14-8-7-13(12(3)10-14)6-4-5-9-16/h7-8,10-11,15-16H,5,9H2,1-3H3. The minimum Gasteiger partial charge on any atom is -0.395 e. The van der Waals surface area contributed by atoms with Crippen LogP contribution in [0.1, 0.15) is 31.4 Å². The number of benzene rings is 1. The molecule has 0 atom stereocenters. The van der Waals surface area contributed by atoms with E-state index in [1.165, 1.54) is 0 Å². The van der Waals surface area contributed by atoms with Crippen LogP contribution in [0, 0.1) is 18.8 Å². The number of aryl methyl sites for hydroxylation is 1. The molecule has 0 aliphatic heterocycles. The quantitative estimate of drug-likeness (QED) is 0.820. The zero-order chi connectivity index (χ0) is 14.5. The maximum atomic E-state index is 12.0. The summed E-state index contributed by atoms with van der Waals surface area (Å²) in [6.45, 7) is 5.40. The van der Waals surface area contributed by atoms with E-state index in [0.717, 1.165) is 11.1 Å². The zero-order valence-electron chi connectivity index (χ0n) is 11.4. The Hall–Kier alpha value is -1.35. The smallest absolute Gasteiger partial charge is 0.240 e. The molecule has 0 aromatic heterocycles. The Morgan fingerprint density at radius 3 is 2.58 bits per heavy atom. The van der Waals surface area contributed by atoms with E-state index in [0.29, 0.717) is 6.42 Å². The van der Waals surface area contributed by atoms with Crippen LogP contribution in [0.4, 0.5) is 0 Å². The van der Waals surface area contributed by atoms with Crippen molar-refractivity contribution in [3.63, 3.8) is 0 Å². The predicted molar refractivity (Wildman–Crippen MR) is 75.2 cm³/mol. The summed E-state index contributed by atoms with van der Waals surface area (Å²) >= 11 is 0. The highest BCUT2D eigenvalue weighted by molar-refractivity contribution is 7.89. The van der Waals surface area contributed by atoms with Crippen LogP contribution < -0.4 is 4.72 Å². The van der Waals surface area contributed by atoms with Gasteiger partial charge in [0.2, 0.25) is 10.0 Å². The van der Waals surface area contributed by atoms with Crippen LogP contribution >= 0.6 is 0 Å². The minimum absolute atomic E-state index is 0.0246. The Morgan fingerprint density at radius 1 is 1.37 bits per heavy atom. The van der Waals surface area contributed by atoms with Crippen LogP contribution in [0.25, 0.3) is 0 Å². The van der Waals surface area contributed by atoms with Crippen molar-refractivity contribution in [3.05, 3.63) is 29.3 Å². The number of hydrogen-bond donors (Lipinski definition) is 2. The van der Waals surface area contributed by atoms with Gasteiger partial charge in [0.05, 0.1) is 11.5 Å². The molecule has 0 unspecified atom stereocenters. The highest BCUT2D eigenvalue weighted by Crippen LogP contribution is 2.15. The molecule has 0 saturated carbocycles. The van der Waals surface area contributed by atoms with Gasteiger partial charge in [0, 0.05) is 18.0 Å². The zero-order valence-corrected chi connectivity index (χ0v) is 12.2. The number of aliphatic hydroxyl groups is 1. The van der Waals surface area contributed by atoms with Gasteiger partial charge < -0.3 is 5.11 Å². The fourth-order valence-corrected chi connectivity index (χ4v) is 2.87. The molecule has 0 fully saturated rings. The van der Waals surface area contributed by atoms with Gasteiger partial charge in [0.15, 0.2) is 0 Å². The second-order valence-corrected chi connectivity index (χ2v) is 6.24. The second kappa shape index (κ2) is 6.71. The van der Waals surface area contributed by atoms with Gasteiger partial charge in [-0.1, -0.05) is 11.8 Å². The van der Waals surface area contributed by atoms with Gasteiger partial charge >= 0.3 is 0 Å². The van der Waals surface area contributed by atoms with E-state index in [4.69, 9.17) is 5.11 Å². The molecule has 1 aromatic carbocycles. The fourth-order valence-electron chi connectivity index (χ4n) is 1.54. The van der Waals surface area contributed by atoms with Crippen molar-refractivity contribution in [2.45, 2.75) is 38.1 Å². The lowest BCUT2D eigenvalue weighted by atomic mass is 10.1. The Labute approximate surface area is 114 Å². The Balaban J connectivity index is 3.04. The summed E-state index contributed by atoms with van der Waals surface area (Å²) in [6.07, 6.45) is 0.411. The van der Waals surface area contributed by atoms with Crippen molar-refractivity contribution >= 4 is 10.0 Å². The summed E-state index contributed by atoms with van der Waals surface area (Å²) in [5.74, 6) is 5.73. The Bertz CT molecular complexity index is 595. The first-order valence-corrected chi connectivity index (χ1v) is 7.58. The predicted octanol–water partition coefficient (Wildman–Crippen LogP) is 1.42. The molecule has 104 valence electrons. The molecule has 0 bridgehead atoms. The molecule has 0 spiro atoms. The molecule has 0 amide bonds. The molecular weight excluding hydrogens is 262 g/mol. The summed E-state index contributed by atoms with van der Waals surface area (Å²) in [5.41, 5.74) is 1.58. The van der Waals surface area contributed by atoms with Crippen LogP contribution in [0.2, 0.25) is 0 Å². The lowest BCUT2D eigenvalue weighted by Gasteiger charge is -2.10. The lowest BCUT2D eigenvalue weighted by Crippen LogP contribution is -2.30. The van der Waals surface area contributed by atoms with Crippen molar-refractivity contribution in [1.82, 2.24) is 4.72 Å². The third kappa shape index (κ3) is 4.67. The third-order valence-corrected chi connectivity index (χ3v) is 4.02. The molecule has 1 rings (SSSR count). The first-order valence-electron chi connectivity index (χ1n) is 6.09.